The highest BCUT2D eigenvalue weighted by Gasteiger charge is 2.39. The largest absolute Gasteiger partial charge is 0.493 e. The third kappa shape index (κ3) is 5.45. The van der Waals surface area contributed by atoms with Crippen molar-refractivity contribution in [3.05, 3.63) is 48.0 Å². The maximum atomic E-state index is 13.3. The van der Waals surface area contributed by atoms with Crippen LogP contribution in [0.4, 0.5) is 5.69 Å². The number of esters is 1. The molecule has 0 saturated carbocycles. The predicted molar refractivity (Wildman–Crippen MR) is 122 cm³/mol. The van der Waals surface area contributed by atoms with Crippen molar-refractivity contribution in [1.29, 1.82) is 0 Å². The van der Waals surface area contributed by atoms with Gasteiger partial charge >= 0.3 is 5.97 Å². The molecule has 33 heavy (non-hydrogen) atoms. The van der Waals surface area contributed by atoms with Gasteiger partial charge in [0.15, 0.2) is 11.5 Å². The first kappa shape index (κ1) is 24.5. The Kier molecular flexibility index (Phi) is 7.60. The highest BCUT2D eigenvalue weighted by Crippen LogP contribution is 2.33. The quantitative estimate of drug-likeness (QED) is 0.583. The smallest absolute Gasteiger partial charge is 0.338 e. The molecule has 1 fully saturated rings. The number of nitrogens with zero attached hydrogens (tertiary/aromatic N) is 1. The summed E-state index contributed by atoms with van der Waals surface area (Å²) in [4.78, 5) is 24.9. The molecule has 1 aliphatic heterocycles. The van der Waals surface area contributed by atoms with E-state index in [1.54, 1.807) is 38.1 Å². The number of rotatable bonds is 8. The molecule has 178 valence electrons. The van der Waals surface area contributed by atoms with Crippen molar-refractivity contribution in [1.82, 2.24) is 4.31 Å². The van der Waals surface area contributed by atoms with Gasteiger partial charge < -0.3 is 19.5 Å². The van der Waals surface area contributed by atoms with E-state index in [-0.39, 0.29) is 23.3 Å². The summed E-state index contributed by atoms with van der Waals surface area (Å²) in [5, 5.41) is 2.74. The Bertz CT molecular complexity index is 1110. The summed E-state index contributed by atoms with van der Waals surface area (Å²) in [6.07, 6.45) is 0.722. The molecule has 9 nitrogen and oxygen atoms in total. The molecule has 1 heterocycles. The predicted octanol–water partition coefficient (Wildman–Crippen LogP) is 3.06. The number of carbonyl (C=O) groups excluding carboxylic acids is 2. The summed E-state index contributed by atoms with van der Waals surface area (Å²) in [6.45, 7) is 3.75. The van der Waals surface area contributed by atoms with Crippen molar-refractivity contribution in [2.75, 3.05) is 26.1 Å². The molecular weight excluding hydrogens is 448 g/mol. The van der Waals surface area contributed by atoms with E-state index in [1.165, 1.54) is 36.7 Å². The Balaban J connectivity index is 1.75. The topological polar surface area (TPSA) is 111 Å². The van der Waals surface area contributed by atoms with Crippen LogP contribution in [0.2, 0.25) is 0 Å². The van der Waals surface area contributed by atoms with Crippen LogP contribution in [0.1, 0.15) is 37.0 Å². The third-order valence-corrected chi connectivity index (χ3v) is 7.10. The van der Waals surface area contributed by atoms with E-state index in [9.17, 15) is 18.0 Å². The number of nitrogens with one attached hydrogen (secondary N) is 1. The zero-order valence-electron chi connectivity index (χ0n) is 19.0. The first-order chi connectivity index (χ1) is 15.7. The minimum absolute atomic E-state index is 0.0212. The lowest BCUT2D eigenvalue weighted by Gasteiger charge is -2.24. The second-order valence-corrected chi connectivity index (χ2v) is 9.70. The summed E-state index contributed by atoms with van der Waals surface area (Å²) in [6, 6.07) is 9.74. The van der Waals surface area contributed by atoms with Crippen molar-refractivity contribution < 1.29 is 32.2 Å². The maximum absolute atomic E-state index is 13.3. The van der Waals surface area contributed by atoms with Gasteiger partial charge in [-0.15, -0.1) is 0 Å². The SMILES string of the molecule is COc1ccc(S(=O)(=O)N2CCCC2C(=O)Nc2ccc(C(=O)OC(C)C)cc2)cc1OC. The number of anilines is 1. The van der Waals surface area contributed by atoms with E-state index in [2.05, 4.69) is 5.32 Å². The molecule has 1 saturated heterocycles. The van der Waals surface area contributed by atoms with Crippen molar-refractivity contribution >= 4 is 27.6 Å². The fourth-order valence-electron chi connectivity index (χ4n) is 3.60. The summed E-state index contributed by atoms with van der Waals surface area (Å²) in [5.74, 6) is -0.192. The van der Waals surface area contributed by atoms with Crippen LogP contribution in [0.5, 0.6) is 11.5 Å². The van der Waals surface area contributed by atoms with E-state index < -0.39 is 27.9 Å². The first-order valence-corrected chi connectivity index (χ1v) is 12.0. The summed E-state index contributed by atoms with van der Waals surface area (Å²) < 4.78 is 43.3. The van der Waals surface area contributed by atoms with Gasteiger partial charge in [-0.2, -0.15) is 4.31 Å². The highest BCUT2D eigenvalue weighted by molar-refractivity contribution is 7.89. The molecule has 1 aliphatic rings. The van der Waals surface area contributed by atoms with E-state index in [4.69, 9.17) is 14.2 Å². The average Bonchev–Trinajstić information content (AvgIpc) is 3.29. The lowest BCUT2D eigenvalue weighted by Crippen LogP contribution is -2.43. The van der Waals surface area contributed by atoms with Crippen LogP contribution >= 0.6 is 0 Å². The van der Waals surface area contributed by atoms with Gasteiger partial charge in [-0.1, -0.05) is 0 Å². The fourth-order valence-corrected chi connectivity index (χ4v) is 5.27. The van der Waals surface area contributed by atoms with E-state index in [0.29, 0.717) is 29.8 Å². The molecule has 1 unspecified atom stereocenters. The summed E-state index contributed by atoms with van der Waals surface area (Å²) in [7, 11) is -1.05. The van der Waals surface area contributed by atoms with Crippen LogP contribution in [0.25, 0.3) is 0 Å². The number of amides is 1. The number of sulfonamides is 1. The molecule has 1 N–H and O–H groups in total. The van der Waals surface area contributed by atoms with E-state index in [0.717, 1.165) is 0 Å². The fraction of sp³-hybridized carbons (Fsp3) is 0.391. The first-order valence-electron chi connectivity index (χ1n) is 10.5. The summed E-state index contributed by atoms with van der Waals surface area (Å²) >= 11 is 0. The Labute approximate surface area is 193 Å². The van der Waals surface area contributed by atoms with Crippen LogP contribution in [0.15, 0.2) is 47.4 Å². The molecule has 10 heteroatoms. The number of benzene rings is 2. The zero-order chi connectivity index (χ0) is 24.2. The number of hydrogen-bond donors (Lipinski definition) is 1. The molecule has 1 atom stereocenters. The van der Waals surface area contributed by atoms with Crippen molar-refractivity contribution in [2.45, 2.75) is 43.7 Å². The number of hydrogen-bond acceptors (Lipinski definition) is 7. The zero-order valence-corrected chi connectivity index (χ0v) is 19.8. The molecule has 0 aliphatic carbocycles. The van der Waals surface area contributed by atoms with Crippen LogP contribution in [-0.2, 0) is 19.6 Å². The van der Waals surface area contributed by atoms with Crippen LogP contribution < -0.4 is 14.8 Å². The Morgan fingerprint density at radius 3 is 2.30 bits per heavy atom. The van der Waals surface area contributed by atoms with Crippen molar-refractivity contribution in [3.63, 3.8) is 0 Å². The molecule has 0 bridgehead atoms. The summed E-state index contributed by atoms with van der Waals surface area (Å²) in [5.41, 5.74) is 0.816. The standard InChI is InChI=1S/C23H28N2O7S/c1-15(2)32-23(27)16-7-9-17(10-8-16)24-22(26)19-6-5-13-25(19)33(28,29)18-11-12-20(30-3)21(14-18)31-4/h7-12,14-15,19H,5-6,13H2,1-4H3,(H,24,26). The van der Waals surface area contributed by atoms with Crippen molar-refractivity contribution in [3.8, 4) is 11.5 Å². The van der Waals surface area contributed by atoms with Gasteiger partial charge in [0.2, 0.25) is 15.9 Å². The minimum Gasteiger partial charge on any atom is -0.493 e. The molecule has 2 aromatic rings. The minimum atomic E-state index is -3.94. The van der Waals surface area contributed by atoms with Crippen LogP contribution in [-0.4, -0.2) is 57.5 Å². The van der Waals surface area contributed by atoms with Gasteiger partial charge in [-0.05, 0) is 63.1 Å². The Morgan fingerprint density at radius 1 is 1.03 bits per heavy atom. The number of methoxy groups -OCH3 is 2. The average molecular weight is 477 g/mol. The molecule has 3 rings (SSSR count). The van der Waals surface area contributed by atoms with Gasteiger partial charge in [0.25, 0.3) is 0 Å². The van der Waals surface area contributed by atoms with Crippen molar-refractivity contribution in [2.24, 2.45) is 0 Å². The van der Waals surface area contributed by atoms with E-state index in [1.807, 2.05) is 0 Å². The molecule has 2 aromatic carbocycles. The number of ether oxygens (including phenoxy) is 3. The second kappa shape index (κ2) is 10.2. The monoisotopic (exact) mass is 476 g/mol. The third-order valence-electron chi connectivity index (χ3n) is 5.20. The molecule has 0 spiro atoms. The van der Waals surface area contributed by atoms with Gasteiger partial charge in [-0.25, -0.2) is 13.2 Å². The number of carbonyl (C=O) groups is 2. The van der Waals surface area contributed by atoms with Gasteiger partial charge in [0.05, 0.1) is 30.8 Å². The molecule has 1 amide bonds. The van der Waals surface area contributed by atoms with Gasteiger partial charge in [-0.3, -0.25) is 4.79 Å². The maximum Gasteiger partial charge on any atom is 0.338 e. The lowest BCUT2D eigenvalue weighted by molar-refractivity contribution is -0.119. The Hall–Kier alpha value is -3.11. The van der Waals surface area contributed by atoms with Crippen LogP contribution in [0, 0.1) is 0 Å². The van der Waals surface area contributed by atoms with Gasteiger partial charge in [0.1, 0.15) is 6.04 Å². The normalized spacial score (nSPS) is 16.5. The van der Waals surface area contributed by atoms with Crippen LogP contribution in [0.3, 0.4) is 0 Å². The van der Waals surface area contributed by atoms with Gasteiger partial charge in [0, 0.05) is 18.3 Å². The van der Waals surface area contributed by atoms with E-state index >= 15 is 0 Å². The molecule has 0 radical (unpaired) electrons. The lowest BCUT2D eigenvalue weighted by atomic mass is 10.2. The molecule has 0 aromatic heterocycles. The highest BCUT2D eigenvalue weighted by atomic mass is 32.2. The Morgan fingerprint density at radius 2 is 1.70 bits per heavy atom. The second-order valence-electron chi connectivity index (χ2n) is 7.81. The molecular formula is C23H28N2O7S.